The topological polar surface area (TPSA) is 88.2 Å². The van der Waals surface area contributed by atoms with Gasteiger partial charge in [-0.05, 0) is 29.3 Å². The molecule has 6 nitrogen and oxygen atoms in total. The molecule has 2 amide bonds. The van der Waals surface area contributed by atoms with E-state index in [1.165, 1.54) is 17.1 Å². The number of carbonyl (C=O) groups excluding carboxylic acids is 2. The van der Waals surface area contributed by atoms with Gasteiger partial charge in [-0.2, -0.15) is 10.5 Å². The Morgan fingerprint density at radius 1 is 0.706 bits per heavy atom. The summed E-state index contributed by atoms with van der Waals surface area (Å²) in [6.45, 7) is 0. The number of carbonyl (C=O) groups is 2. The highest BCUT2D eigenvalue weighted by Crippen LogP contribution is 2.38. The van der Waals surface area contributed by atoms with Crippen LogP contribution in [0.5, 0.6) is 0 Å². The minimum Gasteiger partial charge on any atom is -0.285 e. The molecule has 4 rings (SSSR count). The molecule has 0 bridgehead atoms. The highest BCUT2D eigenvalue weighted by molar-refractivity contribution is 6.06. The van der Waals surface area contributed by atoms with E-state index in [1.54, 1.807) is 36.4 Å². The molecule has 3 aromatic rings. The largest absolute Gasteiger partial charge is 0.285 e. The van der Waals surface area contributed by atoms with Gasteiger partial charge in [0.05, 0.1) is 11.8 Å². The van der Waals surface area contributed by atoms with E-state index in [2.05, 4.69) is 12.1 Å². The first-order valence-electron chi connectivity index (χ1n) is 10.6. The Morgan fingerprint density at radius 3 is 1.79 bits per heavy atom. The summed E-state index contributed by atoms with van der Waals surface area (Å²) in [5.41, 5.74) is 2.54. The molecule has 0 fully saturated rings. The molecule has 2 unspecified atom stereocenters. The maximum Gasteiger partial charge on any atom is 0.253 e. The first-order chi connectivity index (χ1) is 16.6. The van der Waals surface area contributed by atoms with Gasteiger partial charge in [0.15, 0.2) is 0 Å². The van der Waals surface area contributed by atoms with Crippen molar-refractivity contribution in [2.24, 2.45) is 0 Å². The maximum absolute atomic E-state index is 13.3. The lowest BCUT2D eigenvalue weighted by Gasteiger charge is -2.43. The molecule has 0 aliphatic carbocycles. The van der Waals surface area contributed by atoms with Gasteiger partial charge in [0.25, 0.3) is 5.91 Å². The number of hydrogen-bond donors (Lipinski definition) is 0. The van der Waals surface area contributed by atoms with E-state index in [4.69, 9.17) is 0 Å². The van der Waals surface area contributed by atoms with Gasteiger partial charge < -0.3 is 0 Å². The second-order valence-electron chi connectivity index (χ2n) is 7.54. The quantitative estimate of drug-likeness (QED) is 0.546. The summed E-state index contributed by atoms with van der Waals surface area (Å²) in [6, 6.07) is 28.5. The van der Waals surface area contributed by atoms with Crippen LogP contribution in [0.25, 0.3) is 12.2 Å². The number of hydrogen-bond acceptors (Lipinski definition) is 4. The Morgan fingerprint density at radius 2 is 1.24 bits per heavy atom. The number of anilines is 1. The molecule has 34 heavy (non-hydrogen) atoms. The first kappa shape index (κ1) is 22.3. The molecule has 1 aliphatic heterocycles. The van der Waals surface area contributed by atoms with Crippen LogP contribution in [-0.4, -0.2) is 22.9 Å². The Balaban J connectivity index is 1.74. The van der Waals surface area contributed by atoms with Crippen molar-refractivity contribution in [1.82, 2.24) is 4.90 Å². The molecule has 1 heterocycles. The molecular formula is C28H20N4O2. The van der Waals surface area contributed by atoms with E-state index < -0.39 is 24.0 Å². The lowest BCUT2D eigenvalue weighted by atomic mass is 9.98. The minimum absolute atomic E-state index is 0.430. The molecule has 0 spiro atoms. The Labute approximate surface area is 197 Å². The van der Waals surface area contributed by atoms with Crippen molar-refractivity contribution in [2.75, 3.05) is 4.90 Å². The predicted octanol–water partition coefficient (Wildman–Crippen LogP) is 4.70. The molecule has 0 radical (unpaired) electrons. The van der Waals surface area contributed by atoms with Crippen LogP contribution >= 0.6 is 0 Å². The zero-order valence-electron chi connectivity index (χ0n) is 18.2. The van der Waals surface area contributed by atoms with Gasteiger partial charge in [0.2, 0.25) is 12.1 Å². The summed E-state index contributed by atoms with van der Waals surface area (Å²) in [5, 5.41) is 20.0. The van der Waals surface area contributed by atoms with E-state index >= 15 is 0 Å². The van der Waals surface area contributed by atoms with Crippen molar-refractivity contribution in [3.8, 4) is 12.1 Å². The van der Waals surface area contributed by atoms with Crippen LogP contribution in [0, 0.1) is 22.7 Å². The molecule has 0 N–H and O–H groups in total. The third-order valence-electron chi connectivity index (χ3n) is 5.44. The zero-order valence-corrected chi connectivity index (χ0v) is 18.2. The summed E-state index contributed by atoms with van der Waals surface area (Å²) < 4.78 is 0. The standard InChI is InChI=1S/C28H20N4O2/c29-19-25-23-13-7-8-14-24(23)31(27(33)17-15-21-9-3-1-4-10-21)26(20-30)32(25)28(34)18-16-22-11-5-2-6-12-22/h1-18,25-26H/b17-15+,18-16+. The van der Waals surface area contributed by atoms with Crippen LogP contribution in [-0.2, 0) is 9.59 Å². The van der Waals surface area contributed by atoms with Crippen LogP contribution in [0.1, 0.15) is 22.7 Å². The molecule has 6 heteroatoms. The lowest BCUT2D eigenvalue weighted by Crippen LogP contribution is -2.56. The zero-order chi connectivity index (χ0) is 23.9. The first-order valence-corrected chi connectivity index (χ1v) is 10.6. The number of nitrogens with zero attached hydrogens (tertiary/aromatic N) is 4. The van der Waals surface area contributed by atoms with E-state index in [0.29, 0.717) is 11.3 Å². The summed E-state index contributed by atoms with van der Waals surface area (Å²) in [4.78, 5) is 29.0. The summed E-state index contributed by atoms with van der Waals surface area (Å²) in [7, 11) is 0. The number of fused-ring (bicyclic) bond motifs is 1. The molecule has 3 aromatic carbocycles. The maximum atomic E-state index is 13.3. The van der Waals surface area contributed by atoms with Crippen molar-refractivity contribution in [3.05, 3.63) is 114 Å². The Bertz CT molecular complexity index is 1330. The molecule has 0 aromatic heterocycles. The Kier molecular flexibility index (Phi) is 6.63. The predicted molar refractivity (Wildman–Crippen MR) is 129 cm³/mol. The van der Waals surface area contributed by atoms with Gasteiger partial charge in [-0.15, -0.1) is 0 Å². The average Bonchev–Trinajstić information content (AvgIpc) is 2.90. The van der Waals surface area contributed by atoms with Gasteiger partial charge in [-0.1, -0.05) is 78.9 Å². The molecule has 0 saturated carbocycles. The van der Waals surface area contributed by atoms with Crippen LogP contribution in [0.2, 0.25) is 0 Å². The van der Waals surface area contributed by atoms with Crippen LogP contribution < -0.4 is 4.90 Å². The van der Waals surface area contributed by atoms with E-state index in [0.717, 1.165) is 16.0 Å². The summed E-state index contributed by atoms with van der Waals surface area (Å²) >= 11 is 0. The lowest BCUT2D eigenvalue weighted by molar-refractivity contribution is -0.129. The molecule has 1 aliphatic rings. The molecule has 2 atom stereocenters. The number of nitriles is 2. The second-order valence-corrected chi connectivity index (χ2v) is 7.54. The third kappa shape index (κ3) is 4.48. The molecular weight excluding hydrogens is 424 g/mol. The van der Waals surface area contributed by atoms with Crippen molar-refractivity contribution in [2.45, 2.75) is 12.2 Å². The second kappa shape index (κ2) is 10.1. The van der Waals surface area contributed by atoms with Gasteiger partial charge in [0.1, 0.15) is 12.1 Å². The summed E-state index contributed by atoms with van der Waals surface area (Å²) in [5.74, 6) is -1.01. The fourth-order valence-electron chi connectivity index (χ4n) is 3.85. The number of rotatable bonds is 4. The fourth-order valence-corrected chi connectivity index (χ4v) is 3.85. The van der Waals surface area contributed by atoms with Crippen molar-refractivity contribution in [1.29, 1.82) is 10.5 Å². The highest BCUT2D eigenvalue weighted by atomic mass is 16.2. The highest BCUT2D eigenvalue weighted by Gasteiger charge is 2.43. The van der Waals surface area contributed by atoms with E-state index in [9.17, 15) is 20.1 Å². The number of amides is 2. The monoisotopic (exact) mass is 444 g/mol. The number of para-hydroxylation sites is 1. The Hall–Kier alpha value is -4.94. The van der Waals surface area contributed by atoms with Crippen molar-refractivity contribution in [3.63, 3.8) is 0 Å². The number of benzene rings is 3. The fraction of sp³-hybridized carbons (Fsp3) is 0.0714. The van der Waals surface area contributed by atoms with Crippen molar-refractivity contribution < 1.29 is 9.59 Å². The molecule has 0 saturated heterocycles. The average molecular weight is 444 g/mol. The minimum atomic E-state index is -1.29. The van der Waals surface area contributed by atoms with Crippen LogP contribution in [0.15, 0.2) is 97.1 Å². The van der Waals surface area contributed by atoms with E-state index in [-0.39, 0.29) is 0 Å². The van der Waals surface area contributed by atoms with Crippen molar-refractivity contribution >= 4 is 29.7 Å². The van der Waals surface area contributed by atoms with Crippen LogP contribution in [0.3, 0.4) is 0 Å². The smallest absolute Gasteiger partial charge is 0.253 e. The van der Waals surface area contributed by atoms with Gasteiger partial charge in [-0.25, -0.2) is 0 Å². The summed E-state index contributed by atoms with van der Waals surface area (Å²) in [6.07, 6.45) is 4.66. The SMILES string of the molecule is N#CC1c2ccccc2N(C(=O)/C=C/c2ccccc2)C(C#N)N1C(=O)/C=C/c1ccccc1. The normalized spacial score (nSPS) is 17.2. The molecule has 164 valence electrons. The van der Waals surface area contributed by atoms with E-state index in [1.807, 2.05) is 60.7 Å². The van der Waals surface area contributed by atoms with Gasteiger partial charge >= 0.3 is 0 Å². The third-order valence-corrected chi connectivity index (χ3v) is 5.44. The van der Waals surface area contributed by atoms with Gasteiger partial charge in [-0.3, -0.25) is 19.4 Å². The van der Waals surface area contributed by atoms with Gasteiger partial charge in [0, 0.05) is 17.7 Å². The van der Waals surface area contributed by atoms with Crippen LogP contribution in [0.4, 0.5) is 5.69 Å².